The first-order valence-corrected chi connectivity index (χ1v) is 11.4. The second-order valence-corrected chi connectivity index (χ2v) is 8.92. The average molecular weight is 468 g/mol. The van der Waals surface area contributed by atoms with Crippen molar-refractivity contribution in [1.82, 2.24) is 19.9 Å². The third kappa shape index (κ3) is 4.84. The fourth-order valence-corrected chi connectivity index (χ4v) is 4.45. The number of benzene rings is 2. The fourth-order valence-electron chi connectivity index (χ4n) is 4.24. The normalized spacial score (nSPS) is 15.6. The number of nitrogens with zero attached hydrogens (tertiary/aromatic N) is 3. The molecule has 0 bridgehead atoms. The maximum atomic E-state index is 15.0. The average Bonchev–Trinajstić information content (AvgIpc) is 3.21. The van der Waals surface area contributed by atoms with Crippen LogP contribution in [-0.2, 0) is 6.54 Å². The smallest absolute Gasteiger partial charge is 0.130 e. The van der Waals surface area contributed by atoms with Crippen LogP contribution in [0.4, 0.5) is 14.6 Å². The number of rotatable bonds is 6. The minimum atomic E-state index is -1.24. The van der Waals surface area contributed by atoms with Crippen LogP contribution in [0.1, 0.15) is 18.4 Å². The zero-order valence-electron chi connectivity index (χ0n) is 18.0. The minimum absolute atomic E-state index is 0.211. The molecule has 0 amide bonds. The Morgan fingerprint density at radius 2 is 1.94 bits per heavy atom. The van der Waals surface area contributed by atoms with Gasteiger partial charge in [0.05, 0.1) is 28.9 Å². The molecule has 0 saturated carbocycles. The fraction of sp³-hybridized carbons (Fsp3) is 0.280. The molecule has 2 N–H and O–H groups in total. The van der Waals surface area contributed by atoms with Gasteiger partial charge in [-0.05, 0) is 67.4 Å². The first-order valence-electron chi connectivity index (χ1n) is 11.0. The summed E-state index contributed by atoms with van der Waals surface area (Å²) < 4.78 is 30.5. The molecule has 3 heterocycles. The highest BCUT2D eigenvalue weighted by molar-refractivity contribution is 6.33. The van der Waals surface area contributed by atoms with E-state index in [9.17, 15) is 8.78 Å². The summed E-state index contributed by atoms with van der Waals surface area (Å²) in [6.45, 7) is 2.08. The van der Waals surface area contributed by atoms with Gasteiger partial charge in [-0.3, -0.25) is 0 Å². The zero-order chi connectivity index (χ0) is 22.8. The molecule has 8 heteroatoms. The summed E-state index contributed by atoms with van der Waals surface area (Å²) in [6.07, 6.45) is 4.29. The Kier molecular flexibility index (Phi) is 6.00. The molecule has 1 aliphatic rings. The van der Waals surface area contributed by atoms with Crippen molar-refractivity contribution in [2.24, 2.45) is 0 Å². The lowest BCUT2D eigenvalue weighted by Crippen LogP contribution is -2.43. The second-order valence-electron chi connectivity index (χ2n) is 8.51. The lowest BCUT2D eigenvalue weighted by atomic mass is 9.94. The van der Waals surface area contributed by atoms with E-state index in [1.54, 1.807) is 18.6 Å². The summed E-state index contributed by atoms with van der Waals surface area (Å²) in [5.74, 6) is 0.319. The SMILES string of the molecule is Fc1cccc(Cn2cnc3ccc(-c4cc(NCC5(F)CCNCC5)ncc4Cl)cc32)c1. The number of nitrogens with one attached hydrogen (secondary N) is 2. The van der Waals surface area contributed by atoms with Crippen LogP contribution >= 0.6 is 11.6 Å². The Bertz CT molecular complexity index is 1280. The minimum Gasteiger partial charge on any atom is -0.367 e. The highest BCUT2D eigenvalue weighted by atomic mass is 35.5. The Labute approximate surface area is 195 Å². The second kappa shape index (κ2) is 9.08. The number of fused-ring (bicyclic) bond motifs is 1. The van der Waals surface area contributed by atoms with E-state index in [1.165, 1.54) is 12.1 Å². The van der Waals surface area contributed by atoms with Gasteiger partial charge < -0.3 is 15.2 Å². The highest BCUT2D eigenvalue weighted by Crippen LogP contribution is 2.32. The van der Waals surface area contributed by atoms with Crippen molar-refractivity contribution in [2.75, 3.05) is 25.0 Å². The monoisotopic (exact) mass is 467 g/mol. The van der Waals surface area contributed by atoms with Crippen LogP contribution in [0.25, 0.3) is 22.2 Å². The van der Waals surface area contributed by atoms with Crippen LogP contribution in [-0.4, -0.2) is 39.8 Å². The highest BCUT2D eigenvalue weighted by Gasteiger charge is 2.31. The van der Waals surface area contributed by atoms with E-state index in [2.05, 4.69) is 20.6 Å². The van der Waals surface area contributed by atoms with E-state index >= 15 is 0 Å². The lowest BCUT2D eigenvalue weighted by Gasteiger charge is -2.30. The molecule has 1 saturated heterocycles. The number of hydrogen-bond acceptors (Lipinski definition) is 4. The number of hydrogen-bond donors (Lipinski definition) is 2. The number of piperidine rings is 1. The molecular formula is C25H24ClF2N5. The van der Waals surface area contributed by atoms with Crippen LogP contribution < -0.4 is 10.6 Å². The largest absolute Gasteiger partial charge is 0.367 e. The molecular weight excluding hydrogens is 444 g/mol. The Morgan fingerprint density at radius 1 is 1.09 bits per heavy atom. The number of imidazole rings is 1. The Hall–Kier alpha value is -3.03. The molecule has 1 fully saturated rings. The molecule has 5 rings (SSSR count). The predicted molar refractivity (Wildman–Crippen MR) is 128 cm³/mol. The standard InChI is InChI=1S/C25H24ClF2N5/c26-21-13-30-24(31-15-25(28)6-8-29-9-7-25)12-20(21)18-4-5-22-23(11-18)33(16-32-22)14-17-2-1-3-19(27)10-17/h1-5,10-13,16,29H,6-9,14-15H2,(H,30,31). The molecule has 33 heavy (non-hydrogen) atoms. The number of anilines is 1. The van der Waals surface area contributed by atoms with Crippen molar-refractivity contribution in [3.05, 3.63) is 77.5 Å². The van der Waals surface area contributed by atoms with Crippen molar-refractivity contribution >= 4 is 28.5 Å². The lowest BCUT2D eigenvalue weighted by molar-refractivity contribution is 0.131. The number of alkyl halides is 1. The van der Waals surface area contributed by atoms with Crippen LogP contribution in [0.3, 0.4) is 0 Å². The van der Waals surface area contributed by atoms with Gasteiger partial charge in [0.2, 0.25) is 0 Å². The zero-order valence-corrected chi connectivity index (χ0v) is 18.7. The summed E-state index contributed by atoms with van der Waals surface area (Å²) in [5.41, 5.74) is 3.06. The first-order chi connectivity index (χ1) is 16.0. The van der Waals surface area contributed by atoms with Gasteiger partial charge in [-0.25, -0.2) is 18.7 Å². The van der Waals surface area contributed by atoms with Gasteiger partial charge in [-0.1, -0.05) is 29.8 Å². The molecule has 170 valence electrons. The van der Waals surface area contributed by atoms with Gasteiger partial charge in [0.1, 0.15) is 17.3 Å². The van der Waals surface area contributed by atoms with Crippen molar-refractivity contribution in [3.8, 4) is 11.1 Å². The van der Waals surface area contributed by atoms with Crippen LogP contribution in [0.2, 0.25) is 5.02 Å². The van der Waals surface area contributed by atoms with Gasteiger partial charge in [0.25, 0.3) is 0 Å². The van der Waals surface area contributed by atoms with Crippen molar-refractivity contribution in [2.45, 2.75) is 25.1 Å². The van der Waals surface area contributed by atoms with Gasteiger partial charge in [-0.15, -0.1) is 0 Å². The molecule has 1 aliphatic heterocycles. The van der Waals surface area contributed by atoms with Crippen molar-refractivity contribution < 1.29 is 8.78 Å². The number of halogens is 3. The summed E-state index contributed by atoms with van der Waals surface area (Å²) in [4.78, 5) is 8.80. The third-order valence-electron chi connectivity index (χ3n) is 6.12. The molecule has 0 radical (unpaired) electrons. The van der Waals surface area contributed by atoms with Crippen LogP contribution in [0, 0.1) is 5.82 Å². The van der Waals surface area contributed by atoms with Crippen LogP contribution in [0.5, 0.6) is 0 Å². The van der Waals surface area contributed by atoms with Gasteiger partial charge in [0, 0.05) is 18.3 Å². The quantitative estimate of drug-likeness (QED) is 0.396. The van der Waals surface area contributed by atoms with E-state index < -0.39 is 5.67 Å². The Balaban J connectivity index is 1.41. The van der Waals surface area contributed by atoms with Crippen molar-refractivity contribution in [3.63, 3.8) is 0 Å². The van der Waals surface area contributed by atoms with E-state index in [4.69, 9.17) is 11.6 Å². The molecule has 0 unspecified atom stereocenters. The van der Waals surface area contributed by atoms with Gasteiger partial charge >= 0.3 is 0 Å². The molecule has 0 aliphatic carbocycles. The number of pyridine rings is 1. The summed E-state index contributed by atoms with van der Waals surface area (Å²) >= 11 is 6.48. The molecule has 2 aromatic carbocycles. The summed E-state index contributed by atoms with van der Waals surface area (Å²) in [5, 5.41) is 6.84. The van der Waals surface area contributed by atoms with Crippen LogP contribution in [0.15, 0.2) is 61.1 Å². The summed E-state index contributed by atoms with van der Waals surface area (Å²) in [7, 11) is 0. The van der Waals surface area contributed by atoms with E-state index in [1.807, 2.05) is 34.9 Å². The first kappa shape index (κ1) is 21.8. The topological polar surface area (TPSA) is 54.8 Å². The molecule has 0 spiro atoms. The molecule has 2 aromatic heterocycles. The number of aromatic nitrogens is 3. The van der Waals surface area contributed by atoms with E-state index in [-0.39, 0.29) is 12.4 Å². The molecule has 5 nitrogen and oxygen atoms in total. The maximum Gasteiger partial charge on any atom is 0.130 e. The third-order valence-corrected chi connectivity index (χ3v) is 6.42. The summed E-state index contributed by atoms with van der Waals surface area (Å²) in [6, 6.07) is 14.3. The molecule has 4 aromatic rings. The van der Waals surface area contributed by atoms with Gasteiger partial charge in [-0.2, -0.15) is 0 Å². The molecule has 0 atom stereocenters. The van der Waals surface area contributed by atoms with Gasteiger partial charge in [0.15, 0.2) is 0 Å². The van der Waals surface area contributed by atoms with E-state index in [0.29, 0.717) is 43.3 Å². The maximum absolute atomic E-state index is 15.0. The Morgan fingerprint density at radius 3 is 2.76 bits per heavy atom. The van der Waals surface area contributed by atoms with Crippen molar-refractivity contribution in [1.29, 1.82) is 0 Å². The van der Waals surface area contributed by atoms with E-state index in [0.717, 1.165) is 27.7 Å². The predicted octanol–water partition coefficient (Wildman–Crippen LogP) is 5.44.